The molecule has 74 valence electrons. The highest BCUT2D eigenvalue weighted by atomic mass is 16.4. The van der Waals surface area contributed by atoms with E-state index >= 15 is 0 Å². The van der Waals surface area contributed by atoms with Crippen LogP contribution in [0.1, 0.15) is 29.9 Å². The first-order valence-corrected chi connectivity index (χ1v) is 4.85. The fourth-order valence-corrected chi connectivity index (χ4v) is 2.15. The normalized spacial score (nSPS) is 20.9. The van der Waals surface area contributed by atoms with E-state index in [0.29, 0.717) is 18.2 Å². The molecule has 2 rings (SSSR count). The lowest BCUT2D eigenvalue weighted by molar-refractivity contribution is 0.316. The molecule has 0 aliphatic heterocycles. The van der Waals surface area contributed by atoms with Gasteiger partial charge in [-0.3, -0.25) is 0 Å². The third-order valence-corrected chi connectivity index (χ3v) is 2.84. The van der Waals surface area contributed by atoms with Gasteiger partial charge in [0.25, 0.3) is 0 Å². The summed E-state index contributed by atoms with van der Waals surface area (Å²) in [6.07, 6.45) is 2.88. The Bertz CT molecular complexity index is 360. The molecule has 1 aliphatic carbocycles. The molecule has 0 fully saturated rings. The van der Waals surface area contributed by atoms with Gasteiger partial charge in [-0.05, 0) is 29.9 Å². The van der Waals surface area contributed by atoms with Crippen LogP contribution in [0.5, 0.6) is 0 Å². The number of amidine groups is 1. The smallest absolute Gasteiger partial charge is 0.139 e. The van der Waals surface area contributed by atoms with Crippen LogP contribution in [0, 0.1) is 0 Å². The largest absolute Gasteiger partial charge is 0.409 e. The van der Waals surface area contributed by atoms with Crippen molar-refractivity contribution in [3.63, 3.8) is 0 Å². The van der Waals surface area contributed by atoms with Crippen LogP contribution in [0.2, 0.25) is 0 Å². The highest BCUT2D eigenvalue weighted by Gasteiger charge is 2.22. The Morgan fingerprint density at radius 2 is 2.29 bits per heavy atom. The summed E-state index contributed by atoms with van der Waals surface area (Å²) in [6, 6.07) is 8.40. The summed E-state index contributed by atoms with van der Waals surface area (Å²) in [5.74, 6) is 0.758. The Morgan fingerprint density at radius 3 is 3.07 bits per heavy atom. The minimum absolute atomic E-state index is 0.326. The summed E-state index contributed by atoms with van der Waals surface area (Å²) in [7, 11) is 0. The first kappa shape index (κ1) is 9.06. The Balaban J connectivity index is 2.18. The summed E-state index contributed by atoms with van der Waals surface area (Å²) in [5.41, 5.74) is 8.28. The van der Waals surface area contributed by atoms with Crippen LogP contribution in [0.3, 0.4) is 0 Å². The molecular formula is C11H14N2O. The van der Waals surface area contributed by atoms with Gasteiger partial charge in [0.05, 0.1) is 0 Å². The van der Waals surface area contributed by atoms with E-state index < -0.39 is 0 Å². The molecule has 1 unspecified atom stereocenters. The summed E-state index contributed by atoms with van der Waals surface area (Å²) in [5, 5.41) is 11.5. The van der Waals surface area contributed by atoms with Crippen LogP contribution in [0.25, 0.3) is 0 Å². The first-order valence-electron chi connectivity index (χ1n) is 4.85. The maximum atomic E-state index is 8.51. The highest BCUT2D eigenvalue weighted by molar-refractivity contribution is 5.80. The predicted molar refractivity (Wildman–Crippen MR) is 55.5 cm³/mol. The first-order chi connectivity index (χ1) is 6.81. The van der Waals surface area contributed by atoms with Gasteiger partial charge in [-0.15, -0.1) is 0 Å². The lowest BCUT2D eigenvalue weighted by atomic mass is 9.97. The van der Waals surface area contributed by atoms with Gasteiger partial charge in [0.1, 0.15) is 5.84 Å². The van der Waals surface area contributed by atoms with Crippen molar-refractivity contribution in [3.05, 3.63) is 35.4 Å². The number of fused-ring (bicyclic) bond motifs is 1. The van der Waals surface area contributed by atoms with E-state index in [1.54, 1.807) is 0 Å². The SMILES string of the molecule is N/C(CC1CCc2ccccc21)=N\O. The molecule has 1 aromatic rings. The average molecular weight is 190 g/mol. The van der Waals surface area contributed by atoms with Gasteiger partial charge in [0.2, 0.25) is 0 Å². The second-order valence-electron chi connectivity index (χ2n) is 3.73. The highest BCUT2D eigenvalue weighted by Crippen LogP contribution is 2.34. The van der Waals surface area contributed by atoms with Crippen molar-refractivity contribution < 1.29 is 5.21 Å². The van der Waals surface area contributed by atoms with E-state index in [1.807, 2.05) is 6.07 Å². The molecule has 14 heavy (non-hydrogen) atoms. The number of nitrogens with two attached hydrogens (primary N) is 1. The van der Waals surface area contributed by atoms with Crippen molar-refractivity contribution in [2.75, 3.05) is 0 Å². The Hall–Kier alpha value is -1.51. The quantitative estimate of drug-likeness (QED) is 0.323. The molecule has 3 nitrogen and oxygen atoms in total. The average Bonchev–Trinajstić information content (AvgIpc) is 2.62. The van der Waals surface area contributed by atoms with E-state index in [0.717, 1.165) is 12.8 Å². The maximum absolute atomic E-state index is 8.51. The standard InChI is InChI=1S/C11H14N2O/c12-11(13-14)7-9-6-5-8-3-1-2-4-10(8)9/h1-4,9,14H,5-7H2,(H2,12,13). The van der Waals surface area contributed by atoms with Gasteiger partial charge in [-0.2, -0.15) is 0 Å². The lowest BCUT2D eigenvalue weighted by Crippen LogP contribution is -2.14. The lowest BCUT2D eigenvalue weighted by Gasteiger charge is -2.09. The van der Waals surface area contributed by atoms with Crippen LogP contribution in [-0.4, -0.2) is 11.0 Å². The number of aryl methyl sites for hydroxylation is 1. The molecule has 0 bridgehead atoms. The van der Waals surface area contributed by atoms with Crippen molar-refractivity contribution >= 4 is 5.84 Å². The number of rotatable bonds is 2. The minimum atomic E-state index is 0.326. The van der Waals surface area contributed by atoms with Crippen molar-refractivity contribution in [1.29, 1.82) is 0 Å². The summed E-state index contributed by atoms with van der Waals surface area (Å²) >= 11 is 0. The van der Waals surface area contributed by atoms with Gasteiger partial charge in [-0.1, -0.05) is 29.4 Å². The molecule has 1 aliphatic rings. The Kier molecular flexibility index (Phi) is 2.39. The molecule has 3 heteroatoms. The van der Waals surface area contributed by atoms with Gasteiger partial charge >= 0.3 is 0 Å². The zero-order chi connectivity index (χ0) is 9.97. The van der Waals surface area contributed by atoms with Gasteiger partial charge in [0.15, 0.2) is 0 Å². The van der Waals surface area contributed by atoms with E-state index in [1.165, 1.54) is 11.1 Å². The molecule has 1 atom stereocenters. The van der Waals surface area contributed by atoms with Gasteiger partial charge in [0, 0.05) is 6.42 Å². The number of benzene rings is 1. The molecule has 0 spiro atoms. The van der Waals surface area contributed by atoms with Gasteiger partial charge < -0.3 is 10.9 Å². The maximum Gasteiger partial charge on any atom is 0.139 e. The zero-order valence-electron chi connectivity index (χ0n) is 7.98. The topological polar surface area (TPSA) is 58.6 Å². The van der Waals surface area contributed by atoms with E-state index in [4.69, 9.17) is 10.9 Å². The summed E-state index contributed by atoms with van der Waals surface area (Å²) in [4.78, 5) is 0. The molecular weight excluding hydrogens is 176 g/mol. The Morgan fingerprint density at radius 1 is 1.50 bits per heavy atom. The van der Waals surface area contributed by atoms with Crippen molar-refractivity contribution in [3.8, 4) is 0 Å². The number of oxime groups is 1. The van der Waals surface area contributed by atoms with Crippen molar-refractivity contribution in [2.24, 2.45) is 10.9 Å². The monoisotopic (exact) mass is 190 g/mol. The summed E-state index contributed by atoms with van der Waals surface area (Å²) in [6.45, 7) is 0. The fraction of sp³-hybridized carbons (Fsp3) is 0.364. The minimum Gasteiger partial charge on any atom is -0.409 e. The molecule has 0 saturated heterocycles. The fourth-order valence-electron chi connectivity index (χ4n) is 2.15. The molecule has 0 heterocycles. The van der Waals surface area contributed by atoms with Crippen LogP contribution < -0.4 is 5.73 Å². The Labute approximate surface area is 83.2 Å². The molecule has 0 aromatic heterocycles. The van der Waals surface area contributed by atoms with Crippen molar-refractivity contribution in [1.82, 2.24) is 0 Å². The zero-order valence-corrected chi connectivity index (χ0v) is 7.98. The molecule has 0 radical (unpaired) electrons. The van der Waals surface area contributed by atoms with E-state index in [2.05, 4.69) is 23.4 Å². The van der Waals surface area contributed by atoms with Crippen LogP contribution in [-0.2, 0) is 6.42 Å². The summed E-state index contributed by atoms with van der Waals surface area (Å²) < 4.78 is 0. The van der Waals surface area contributed by atoms with E-state index in [9.17, 15) is 0 Å². The third kappa shape index (κ3) is 1.58. The predicted octanol–water partition coefficient (Wildman–Crippen LogP) is 1.85. The number of nitrogens with zero attached hydrogens (tertiary/aromatic N) is 1. The van der Waals surface area contributed by atoms with Crippen molar-refractivity contribution in [2.45, 2.75) is 25.2 Å². The number of hydrogen-bond donors (Lipinski definition) is 2. The second-order valence-corrected chi connectivity index (χ2v) is 3.73. The third-order valence-electron chi connectivity index (χ3n) is 2.84. The van der Waals surface area contributed by atoms with Crippen LogP contribution in [0.4, 0.5) is 0 Å². The van der Waals surface area contributed by atoms with Gasteiger partial charge in [-0.25, -0.2) is 0 Å². The van der Waals surface area contributed by atoms with Crippen LogP contribution >= 0.6 is 0 Å². The van der Waals surface area contributed by atoms with E-state index in [-0.39, 0.29) is 0 Å². The molecule has 3 N–H and O–H groups in total. The molecule has 0 saturated carbocycles. The number of hydrogen-bond acceptors (Lipinski definition) is 2. The molecule has 0 amide bonds. The second kappa shape index (κ2) is 3.70. The molecule has 1 aromatic carbocycles. The van der Waals surface area contributed by atoms with Crippen LogP contribution in [0.15, 0.2) is 29.4 Å².